The lowest BCUT2D eigenvalue weighted by Crippen LogP contribution is -2.53. The van der Waals surface area contributed by atoms with E-state index in [4.69, 9.17) is 9.84 Å². The largest absolute Gasteiger partial charge is 0.481 e. The summed E-state index contributed by atoms with van der Waals surface area (Å²) in [7, 11) is 0. The number of amides is 2. The van der Waals surface area contributed by atoms with Gasteiger partial charge in [0.15, 0.2) is 5.60 Å². The van der Waals surface area contributed by atoms with Crippen molar-refractivity contribution in [1.82, 2.24) is 0 Å². The molecule has 8 nitrogen and oxygen atoms in total. The smallest absolute Gasteiger partial charge is 0.303 e. The van der Waals surface area contributed by atoms with Crippen molar-refractivity contribution in [2.45, 2.75) is 39.2 Å². The number of hydrogen-bond acceptors (Lipinski definition) is 5. The number of hydrogen-bond donors (Lipinski definition) is 2. The van der Waals surface area contributed by atoms with Crippen molar-refractivity contribution in [2.24, 2.45) is 0 Å². The third-order valence-electron chi connectivity index (χ3n) is 3.61. The molecule has 0 unspecified atom stereocenters. The lowest BCUT2D eigenvalue weighted by Gasteiger charge is -2.38. The third kappa shape index (κ3) is 4.34. The SMILES string of the molecule is CC(=O)CN1C(=O)C(C)(C)Oc2ccc(NC(=O)CCC(=O)O)cc21. The fraction of sp³-hybridized carbons (Fsp3) is 0.412. The number of carbonyl (C=O) groups excluding carboxylic acids is 3. The Balaban J connectivity index is 2.28. The number of ether oxygens (including phenoxy) is 1. The molecule has 0 fully saturated rings. The van der Waals surface area contributed by atoms with Gasteiger partial charge in [-0.2, -0.15) is 0 Å². The molecule has 1 aliphatic rings. The number of anilines is 2. The van der Waals surface area contributed by atoms with Crippen LogP contribution in [0.2, 0.25) is 0 Å². The van der Waals surface area contributed by atoms with E-state index in [1.165, 1.54) is 17.9 Å². The van der Waals surface area contributed by atoms with E-state index in [0.717, 1.165) is 0 Å². The molecule has 1 heterocycles. The topological polar surface area (TPSA) is 113 Å². The van der Waals surface area contributed by atoms with Gasteiger partial charge in [-0.25, -0.2) is 0 Å². The molecule has 1 aliphatic heterocycles. The van der Waals surface area contributed by atoms with Crippen LogP contribution < -0.4 is 15.0 Å². The zero-order valence-corrected chi connectivity index (χ0v) is 14.3. The van der Waals surface area contributed by atoms with E-state index in [0.29, 0.717) is 17.1 Å². The molecule has 8 heteroatoms. The number of nitrogens with zero attached hydrogens (tertiary/aromatic N) is 1. The van der Waals surface area contributed by atoms with Gasteiger partial charge in [0.25, 0.3) is 5.91 Å². The van der Waals surface area contributed by atoms with E-state index in [1.54, 1.807) is 26.0 Å². The normalized spacial score (nSPS) is 15.2. The molecule has 2 N–H and O–H groups in total. The number of fused-ring (bicyclic) bond motifs is 1. The summed E-state index contributed by atoms with van der Waals surface area (Å²) in [6.45, 7) is 4.52. The van der Waals surface area contributed by atoms with Gasteiger partial charge >= 0.3 is 5.97 Å². The first-order valence-corrected chi connectivity index (χ1v) is 7.76. The van der Waals surface area contributed by atoms with Gasteiger partial charge in [-0.15, -0.1) is 0 Å². The second-order valence-corrected chi connectivity index (χ2v) is 6.33. The Labute approximate surface area is 144 Å². The molecule has 1 aromatic carbocycles. The average Bonchev–Trinajstić information content (AvgIpc) is 2.50. The monoisotopic (exact) mass is 348 g/mol. The number of carboxylic acids is 1. The zero-order chi connectivity index (χ0) is 18.8. The van der Waals surface area contributed by atoms with Crippen LogP contribution in [0.4, 0.5) is 11.4 Å². The lowest BCUT2D eigenvalue weighted by atomic mass is 10.0. The molecule has 2 amide bonds. The third-order valence-corrected chi connectivity index (χ3v) is 3.61. The van der Waals surface area contributed by atoms with E-state index in [-0.39, 0.29) is 31.1 Å². The molecule has 0 bridgehead atoms. The van der Waals surface area contributed by atoms with E-state index in [1.807, 2.05) is 0 Å². The molecule has 0 aliphatic carbocycles. The van der Waals surface area contributed by atoms with E-state index >= 15 is 0 Å². The Kier molecular flexibility index (Phi) is 5.10. The predicted octanol–water partition coefficient (Wildman–Crippen LogP) is 1.58. The standard InChI is InChI=1S/C17H20N2O6/c1-10(20)9-19-12-8-11(18-14(21)6-7-15(22)23)4-5-13(12)25-17(2,3)16(19)24/h4-5,8H,6-7,9H2,1-3H3,(H,18,21)(H,22,23). The van der Waals surface area contributed by atoms with Gasteiger partial charge in [0, 0.05) is 12.1 Å². The highest BCUT2D eigenvalue weighted by Gasteiger charge is 2.41. The van der Waals surface area contributed by atoms with Crippen molar-refractivity contribution in [3.63, 3.8) is 0 Å². The van der Waals surface area contributed by atoms with Crippen molar-refractivity contribution in [2.75, 3.05) is 16.8 Å². The van der Waals surface area contributed by atoms with Crippen LogP contribution in [0.15, 0.2) is 18.2 Å². The van der Waals surface area contributed by atoms with Crippen molar-refractivity contribution >= 4 is 34.9 Å². The van der Waals surface area contributed by atoms with Gasteiger partial charge in [0.1, 0.15) is 11.5 Å². The van der Waals surface area contributed by atoms with Crippen LogP contribution in [0.1, 0.15) is 33.6 Å². The molecule has 25 heavy (non-hydrogen) atoms. The van der Waals surface area contributed by atoms with Crippen LogP contribution >= 0.6 is 0 Å². The van der Waals surface area contributed by atoms with Gasteiger partial charge < -0.3 is 15.2 Å². The summed E-state index contributed by atoms with van der Waals surface area (Å²) in [6, 6.07) is 4.73. The van der Waals surface area contributed by atoms with Crippen LogP contribution in [0.25, 0.3) is 0 Å². The fourth-order valence-electron chi connectivity index (χ4n) is 2.47. The first kappa shape index (κ1) is 18.4. The van der Waals surface area contributed by atoms with Gasteiger partial charge in [-0.1, -0.05) is 0 Å². The molecule has 0 atom stereocenters. The minimum Gasteiger partial charge on any atom is -0.481 e. The highest BCUT2D eigenvalue weighted by Crippen LogP contribution is 2.39. The second-order valence-electron chi connectivity index (χ2n) is 6.33. The zero-order valence-electron chi connectivity index (χ0n) is 14.3. The first-order valence-electron chi connectivity index (χ1n) is 7.76. The molecule has 0 saturated heterocycles. The van der Waals surface area contributed by atoms with Crippen LogP contribution in [0, 0.1) is 0 Å². The molecule has 134 valence electrons. The second kappa shape index (κ2) is 6.92. The van der Waals surface area contributed by atoms with Crippen LogP contribution in [-0.2, 0) is 19.2 Å². The van der Waals surface area contributed by atoms with Gasteiger partial charge in [-0.05, 0) is 39.0 Å². The summed E-state index contributed by atoms with van der Waals surface area (Å²) in [6.07, 6.45) is -0.435. The minimum absolute atomic E-state index is 0.102. The molecule has 2 rings (SSSR count). The molecular weight excluding hydrogens is 328 g/mol. The Hall–Kier alpha value is -2.90. The summed E-state index contributed by atoms with van der Waals surface area (Å²) in [5.74, 6) is -1.63. The predicted molar refractivity (Wildman–Crippen MR) is 89.7 cm³/mol. The van der Waals surface area contributed by atoms with Gasteiger partial charge in [-0.3, -0.25) is 24.1 Å². The number of ketones is 1. The molecule has 0 radical (unpaired) electrons. The highest BCUT2D eigenvalue weighted by atomic mass is 16.5. The van der Waals surface area contributed by atoms with Gasteiger partial charge in [0.05, 0.1) is 18.7 Å². The molecular formula is C17H20N2O6. The number of Topliss-reactive ketones (excluding diaryl/α,β-unsaturated/α-hetero) is 1. The van der Waals surface area contributed by atoms with Crippen molar-refractivity contribution < 1.29 is 29.0 Å². The summed E-state index contributed by atoms with van der Waals surface area (Å²) >= 11 is 0. The van der Waals surface area contributed by atoms with E-state index in [9.17, 15) is 19.2 Å². The Morgan fingerprint density at radius 3 is 2.52 bits per heavy atom. The van der Waals surface area contributed by atoms with Gasteiger partial charge in [0.2, 0.25) is 5.91 Å². The summed E-state index contributed by atoms with van der Waals surface area (Å²) in [5.41, 5.74) is -0.330. The number of rotatable bonds is 6. The number of carboxylic acid groups (broad SMARTS) is 1. The van der Waals surface area contributed by atoms with Crippen LogP contribution in [-0.4, -0.2) is 40.8 Å². The summed E-state index contributed by atoms with van der Waals surface area (Å²) in [5, 5.41) is 11.2. The van der Waals surface area contributed by atoms with Crippen molar-refractivity contribution in [1.29, 1.82) is 0 Å². The van der Waals surface area contributed by atoms with Crippen LogP contribution in [0.5, 0.6) is 5.75 Å². The summed E-state index contributed by atoms with van der Waals surface area (Å²) < 4.78 is 5.69. The lowest BCUT2D eigenvalue weighted by molar-refractivity contribution is -0.138. The Bertz CT molecular complexity index is 741. The Morgan fingerprint density at radius 1 is 1.24 bits per heavy atom. The van der Waals surface area contributed by atoms with E-state index < -0.39 is 17.5 Å². The highest BCUT2D eigenvalue weighted by molar-refractivity contribution is 6.06. The Morgan fingerprint density at radius 2 is 1.92 bits per heavy atom. The van der Waals surface area contributed by atoms with Crippen molar-refractivity contribution in [3.05, 3.63) is 18.2 Å². The maximum atomic E-state index is 12.6. The summed E-state index contributed by atoms with van der Waals surface area (Å²) in [4.78, 5) is 47.7. The average molecular weight is 348 g/mol. The van der Waals surface area contributed by atoms with Crippen LogP contribution in [0.3, 0.4) is 0 Å². The molecule has 0 spiro atoms. The van der Waals surface area contributed by atoms with Crippen molar-refractivity contribution in [3.8, 4) is 5.75 Å². The molecule has 1 aromatic rings. The number of aliphatic carboxylic acids is 1. The number of carbonyl (C=O) groups is 4. The number of nitrogens with one attached hydrogen (secondary N) is 1. The van der Waals surface area contributed by atoms with E-state index in [2.05, 4.69) is 5.32 Å². The first-order chi connectivity index (χ1) is 11.6. The minimum atomic E-state index is -1.10. The fourth-order valence-corrected chi connectivity index (χ4v) is 2.47. The maximum Gasteiger partial charge on any atom is 0.303 e. The quantitative estimate of drug-likeness (QED) is 0.807. The molecule has 0 saturated carbocycles. The molecule has 0 aromatic heterocycles. The maximum absolute atomic E-state index is 12.6. The number of benzene rings is 1.